The zero-order valence-electron chi connectivity index (χ0n) is 20.2. The fraction of sp³-hybridized carbons (Fsp3) is 0.826. The van der Waals surface area contributed by atoms with Crippen LogP contribution in [0.1, 0.15) is 90.5 Å². The van der Waals surface area contributed by atoms with Crippen molar-refractivity contribution in [2.45, 2.75) is 103 Å². The number of nitrogens with zero attached hydrogens (tertiary/aromatic N) is 4. The summed E-state index contributed by atoms with van der Waals surface area (Å²) in [7, 11) is 0. The van der Waals surface area contributed by atoms with E-state index in [1.165, 1.54) is 0 Å². The van der Waals surface area contributed by atoms with Gasteiger partial charge >= 0.3 is 12.1 Å². The monoisotopic (exact) mass is 463 g/mol. The third-order valence-electron chi connectivity index (χ3n) is 6.54. The van der Waals surface area contributed by atoms with E-state index in [2.05, 4.69) is 22.4 Å². The number of fused-ring (bicyclic) bond motifs is 2. The summed E-state index contributed by atoms with van der Waals surface area (Å²) in [6.45, 7) is 8.88. The zero-order valence-corrected chi connectivity index (χ0v) is 20.2. The molecule has 2 bridgehead atoms. The largest absolute Gasteiger partial charge is 0.444 e. The quantitative estimate of drug-likeness (QED) is 0.552. The number of aromatic nitrogens is 2. The van der Waals surface area contributed by atoms with E-state index in [1.807, 2.05) is 20.8 Å². The maximum absolute atomic E-state index is 12.8. The van der Waals surface area contributed by atoms with Crippen molar-refractivity contribution in [1.82, 2.24) is 25.5 Å². The van der Waals surface area contributed by atoms with E-state index in [-0.39, 0.29) is 30.2 Å². The van der Waals surface area contributed by atoms with Gasteiger partial charge in [-0.3, -0.25) is 4.84 Å². The van der Waals surface area contributed by atoms with Gasteiger partial charge in [-0.05, 0) is 65.2 Å². The number of aryl methyl sites for hydroxylation is 1. The Kier molecular flexibility index (Phi) is 7.11. The highest BCUT2D eigenvalue weighted by Crippen LogP contribution is 2.38. The molecule has 4 rings (SSSR count). The van der Waals surface area contributed by atoms with Crippen molar-refractivity contribution in [2.24, 2.45) is 5.92 Å². The Bertz CT molecular complexity index is 831. The molecule has 10 heteroatoms. The van der Waals surface area contributed by atoms with Crippen LogP contribution in [0.2, 0.25) is 0 Å². The number of alkyl carbamates (subject to hydrolysis) is 1. The first kappa shape index (κ1) is 23.8. The van der Waals surface area contributed by atoms with E-state index < -0.39 is 5.60 Å². The Labute approximate surface area is 195 Å². The molecular weight excluding hydrogens is 426 g/mol. The van der Waals surface area contributed by atoms with Gasteiger partial charge in [-0.15, -0.1) is 10.2 Å². The Morgan fingerprint density at radius 3 is 2.76 bits per heavy atom. The average molecular weight is 464 g/mol. The van der Waals surface area contributed by atoms with Gasteiger partial charge in [0, 0.05) is 19.0 Å². The lowest BCUT2D eigenvalue weighted by atomic mass is 9.77. The second-order valence-electron chi connectivity index (χ2n) is 10.4. The van der Waals surface area contributed by atoms with Gasteiger partial charge < -0.3 is 19.4 Å². The number of urea groups is 1. The average Bonchev–Trinajstić information content (AvgIpc) is 3.27. The molecule has 1 N–H and O–H groups in total. The predicted molar refractivity (Wildman–Crippen MR) is 119 cm³/mol. The number of ether oxygens (including phenoxy) is 1. The van der Waals surface area contributed by atoms with Crippen LogP contribution >= 0.6 is 0 Å². The van der Waals surface area contributed by atoms with Crippen LogP contribution in [0.4, 0.5) is 9.59 Å². The number of amides is 3. The number of carbonyl (C=O) groups is 2. The molecule has 2 atom stereocenters. The number of carbonyl (C=O) groups excluding carboxylic acids is 2. The van der Waals surface area contributed by atoms with Gasteiger partial charge in [0.25, 0.3) is 0 Å². The first-order valence-electron chi connectivity index (χ1n) is 12.3. The van der Waals surface area contributed by atoms with Gasteiger partial charge in [0.1, 0.15) is 11.6 Å². The van der Waals surface area contributed by atoms with E-state index in [1.54, 1.807) is 9.96 Å². The lowest BCUT2D eigenvalue weighted by molar-refractivity contribution is -0.130. The van der Waals surface area contributed by atoms with Gasteiger partial charge in [-0.25, -0.2) is 9.59 Å². The third-order valence-corrected chi connectivity index (χ3v) is 6.54. The SMILES string of the molecule is CCCCON1C(=O)N2CC1CC[C@H]2c1nnc(CC[C@H]2C[C@H](NC(=O)OC(C)(C)C)C2)o1. The van der Waals surface area contributed by atoms with Crippen molar-refractivity contribution in [3.63, 3.8) is 0 Å². The van der Waals surface area contributed by atoms with E-state index in [4.69, 9.17) is 14.0 Å². The summed E-state index contributed by atoms with van der Waals surface area (Å²) in [6.07, 6.45) is 6.78. The number of hydrogen-bond donors (Lipinski definition) is 1. The van der Waals surface area contributed by atoms with Crippen LogP contribution in [0.25, 0.3) is 0 Å². The fourth-order valence-electron chi connectivity index (χ4n) is 4.76. The highest BCUT2D eigenvalue weighted by Gasteiger charge is 2.47. The summed E-state index contributed by atoms with van der Waals surface area (Å²) in [5.41, 5.74) is -0.484. The van der Waals surface area contributed by atoms with Crippen molar-refractivity contribution in [2.75, 3.05) is 13.2 Å². The molecule has 2 saturated heterocycles. The van der Waals surface area contributed by atoms with Crippen LogP contribution < -0.4 is 5.32 Å². The van der Waals surface area contributed by atoms with Crippen molar-refractivity contribution in [1.29, 1.82) is 0 Å². The van der Waals surface area contributed by atoms with Gasteiger partial charge in [0.2, 0.25) is 11.8 Å². The van der Waals surface area contributed by atoms with Crippen molar-refractivity contribution in [3.05, 3.63) is 11.8 Å². The minimum Gasteiger partial charge on any atom is -0.444 e. The number of hydrogen-bond acceptors (Lipinski definition) is 7. The minimum atomic E-state index is -0.484. The molecule has 0 radical (unpaired) electrons. The summed E-state index contributed by atoms with van der Waals surface area (Å²) >= 11 is 0. The second-order valence-corrected chi connectivity index (χ2v) is 10.4. The molecular formula is C23H37N5O5. The molecule has 10 nitrogen and oxygen atoms in total. The molecule has 184 valence electrons. The molecule has 0 aromatic carbocycles. The zero-order chi connectivity index (χ0) is 23.6. The van der Waals surface area contributed by atoms with Crippen molar-refractivity contribution < 1.29 is 23.6 Å². The lowest BCUT2D eigenvalue weighted by Crippen LogP contribution is -2.46. The smallest absolute Gasteiger partial charge is 0.407 e. The second kappa shape index (κ2) is 9.87. The Morgan fingerprint density at radius 2 is 2.03 bits per heavy atom. The standard InChI is InChI=1S/C23H37N5O5/c1-5-6-11-31-28-17-8-9-18(27(14-17)22(28)30)20-26-25-19(32-20)10-7-15-12-16(13-15)24-21(29)33-23(2,3)4/h15-18H,5-14H2,1-4H3,(H,24,29)/t15-,16-,17?,18-/m0/s1. The van der Waals surface area contributed by atoms with Crippen molar-refractivity contribution in [3.8, 4) is 0 Å². The number of nitrogens with one attached hydrogen (secondary N) is 1. The molecule has 1 saturated carbocycles. The summed E-state index contributed by atoms with van der Waals surface area (Å²) in [5.74, 6) is 1.65. The predicted octanol–water partition coefficient (Wildman–Crippen LogP) is 3.98. The van der Waals surface area contributed by atoms with E-state index in [9.17, 15) is 9.59 Å². The molecule has 1 unspecified atom stereocenters. The lowest BCUT2D eigenvalue weighted by Gasteiger charge is -2.36. The fourth-order valence-corrected chi connectivity index (χ4v) is 4.76. The highest BCUT2D eigenvalue weighted by atomic mass is 16.7. The topological polar surface area (TPSA) is 110 Å². The van der Waals surface area contributed by atoms with E-state index in [0.29, 0.717) is 37.3 Å². The van der Waals surface area contributed by atoms with Gasteiger partial charge in [0.15, 0.2) is 0 Å². The Balaban J connectivity index is 1.21. The molecule has 3 fully saturated rings. The normalized spacial score (nSPS) is 27.0. The maximum Gasteiger partial charge on any atom is 0.407 e. The van der Waals surface area contributed by atoms with E-state index in [0.717, 1.165) is 44.9 Å². The number of hydroxylamine groups is 2. The summed E-state index contributed by atoms with van der Waals surface area (Å²) < 4.78 is 11.3. The number of unbranched alkanes of at least 4 members (excludes halogenated alkanes) is 1. The molecule has 1 aliphatic carbocycles. The molecule has 3 heterocycles. The van der Waals surface area contributed by atoms with Crippen LogP contribution in [-0.4, -0.2) is 63.1 Å². The molecule has 0 spiro atoms. The van der Waals surface area contributed by atoms with Crippen LogP contribution in [0.3, 0.4) is 0 Å². The van der Waals surface area contributed by atoms with Gasteiger partial charge in [-0.2, -0.15) is 5.06 Å². The first-order chi connectivity index (χ1) is 15.7. The van der Waals surface area contributed by atoms with E-state index >= 15 is 0 Å². The third kappa shape index (κ3) is 5.77. The summed E-state index contributed by atoms with van der Waals surface area (Å²) in [4.78, 5) is 32.2. The van der Waals surface area contributed by atoms with Crippen LogP contribution in [-0.2, 0) is 16.0 Å². The molecule has 3 aliphatic rings. The van der Waals surface area contributed by atoms with Crippen LogP contribution in [0, 0.1) is 5.92 Å². The van der Waals surface area contributed by atoms with Gasteiger partial charge in [0.05, 0.1) is 12.6 Å². The molecule has 33 heavy (non-hydrogen) atoms. The molecule has 1 aromatic rings. The number of rotatable bonds is 9. The van der Waals surface area contributed by atoms with Gasteiger partial charge in [-0.1, -0.05) is 13.3 Å². The molecule has 2 aliphatic heterocycles. The minimum absolute atomic E-state index is 0.101. The van der Waals surface area contributed by atoms with Crippen LogP contribution in [0.15, 0.2) is 4.42 Å². The van der Waals surface area contributed by atoms with Crippen LogP contribution in [0.5, 0.6) is 0 Å². The highest BCUT2D eigenvalue weighted by molar-refractivity contribution is 5.77. The first-order valence-corrected chi connectivity index (χ1v) is 12.3. The molecule has 3 amide bonds. The maximum atomic E-state index is 12.8. The van der Waals surface area contributed by atoms with Crippen molar-refractivity contribution >= 4 is 12.1 Å². The number of piperidine rings is 1. The Morgan fingerprint density at radius 1 is 1.24 bits per heavy atom. The molecule has 1 aromatic heterocycles. The summed E-state index contributed by atoms with van der Waals surface area (Å²) in [6, 6.07) is -0.00645. The Hall–Kier alpha value is -2.36. The summed E-state index contributed by atoms with van der Waals surface area (Å²) in [5, 5.41) is 13.0.